The van der Waals surface area contributed by atoms with Gasteiger partial charge in [-0.15, -0.1) is 6.58 Å². The number of para-hydroxylation sites is 1. The number of rotatable bonds is 14. The van der Waals surface area contributed by atoms with Crippen LogP contribution in [-0.4, -0.2) is 64.9 Å². The lowest BCUT2D eigenvalue weighted by atomic mass is 10.1. The van der Waals surface area contributed by atoms with Gasteiger partial charge < -0.3 is 19.3 Å². The number of aryl methyl sites for hydroxylation is 1. The van der Waals surface area contributed by atoms with Crippen LogP contribution in [0.15, 0.2) is 67.3 Å². The van der Waals surface area contributed by atoms with Crippen LogP contribution in [0.2, 0.25) is 0 Å². The van der Waals surface area contributed by atoms with Gasteiger partial charge in [0, 0.05) is 26.2 Å². The second-order valence-electron chi connectivity index (χ2n) is 9.20. The Morgan fingerprint density at radius 3 is 2.70 bits per heavy atom. The van der Waals surface area contributed by atoms with Crippen LogP contribution in [0.4, 0.5) is 4.39 Å². The van der Waals surface area contributed by atoms with Crippen LogP contribution in [0.3, 0.4) is 0 Å². The first kappa shape index (κ1) is 27.0. The van der Waals surface area contributed by atoms with Crippen molar-refractivity contribution in [2.24, 2.45) is 0 Å². The minimum absolute atomic E-state index is 0.108. The average molecular weight is 510 g/mol. The molecule has 0 amide bonds. The maximum absolute atomic E-state index is 13.6. The molecule has 1 saturated heterocycles. The third-order valence-corrected chi connectivity index (χ3v) is 6.27. The number of halogens is 1. The molecular formula is C29H36FN3O4. The fraction of sp³-hybridized carbons (Fsp3) is 0.414. The van der Waals surface area contributed by atoms with Gasteiger partial charge in [0.15, 0.2) is 0 Å². The van der Waals surface area contributed by atoms with Crippen LogP contribution in [0, 0.1) is 5.82 Å². The minimum atomic E-state index is -0.669. The molecule has 2 atom stereocenters. The van der Waals surface area contributed by atoms with E-state index >= 15 is 0 Å². The van der Waals surface area contributed by atoms with Crippen molar-refractivity contribution in [3.8, 4) is 17.3 Å². The smallest absolute Gasteiger partial charge is 0.227 e. The SMILES string of the molecule is C=CCOC[C@H](O)CN(Cc1c(CC)nn(-c2ccccc2)c1Oc1ccc(F)cc1)C[C@H]1CCCO1. The molecule has 8 heteroatoms. The highest BCUT2D eigenvalue weighted by molar-refractivity contribution is 5.43. The van der Waals surface area contributed by atoms with Crippen molar-refractivity contribution in [3.63, 3.8) is 0 Å². The van der Waals surface area contributed by atoms with Crippen molar-refractivity contribution in [2.75, 3.05) is 32.9 Å². The van der Waals surface area contributed by atoms with E-state index in [1.54, 1.807) is 22.9 Å². The summed E-state index contributed by atoms with van der Waals surface area (Å²) < 4.78 is 33.1. The van der Waals surface area contributed by atoms with Gasteiger partial charge in [-0.05, 0) is 55.7 Å². The van der Waals surface area contributed by atoms with Crippen molar-refractivity contribution in [1.82, 2.24) is 14.7 Å². The second-order valence-corrected chi connectivity index (χ2v) is 9.20. The van der Waals surface area contributed by atoms with Gasteiger partial charge in [-0.2, -0.15) is 5.10 Å². The van der Waals surface area contributed by atoms with Crippen LogP contribution < -0.4 is 4.74 Å². The van der Waals surface area contributed by atoms with E-state index in [1.807, 2.05) is 30.3 Å². The molecule has 1 aliphatic rings. The number of nitrogens with zero attached hydrogens (tertiary/aromatic N) is 3. The Labute approximate surface area is 218 Å². The van der Waals surface area contributed by atoms with Gasteiger partial charge in [-0.25, -0.2) is 9.07 Å². The van der Waals surface area contributed by atoms with Gasteiger partial charge in [0.25, 0.3) is 0 Å². The summed E-state index contributed by atoms with van der Waals surface area (Å²) in [5.41, 5.74) is 2.69. The average Bonchev–Trinajstić information content (AvgIpc) is 3.54. The highest BCUT2D eigenvalue weighted by atomic mass is 19.1. The Bertz CT molecular complexity index is 1110. The molecule has 4 rings (SSSR count). The molecule has 37 heavy (non-hydrogen) atoms. The zero-order valence-corrected chi connectivity index (χ0v) is 21.4. The molecule has 198 valence electrons. The molecule has 0 aliphatic carbocycles. The van der Waals surface area contributed by atoms with E-state index in [0.29, 0.717) is 44.3 Å². The van der Waals surface area contributed by atoms with E-state index in [2.05, 4.69) is 18.4 Å². The van der Waals surface area contributed by atoms with E-state index in [9.17, 15) is 9.50 Å². The Hall–Kier alpha value is -3.04. The van der Waals surface area contributed by atoms with Crippen LogP contribution in [0.25, 0.3) is 5.69 Å². The van der Waals surface area contributed by atoms with E-state index in [-0.39, 0.29) is 18.5 Å². The van der Waals surface area contributed by atoms with Gasteiger partial charge in [0.2, 0.25) is 5.88 Å². The molecule has 0 spiro atoms. The van der Waals surface area contributed by atoms with Gasteiger partial charge in [-0.1, -0.05) is 31.2 Å². The summed E-state index contributed by atoms with van der Waals surface area (Å²) >= 11 is 0. The lowest BCUT2D eigenvalue weighted by molar-refractivity contribution is 0.00835. The summed E-state index contributed by atoms with van der Waals surface area (Å²) in [7, 11) is 0. The van der Waals surface area contributed by atoms with Crippen LogP contribution in [0.1, 0.15) is 31.0 Å². The van der Waals surface area contributed by atoms with Gasteiger partial charge in [0.1, 0.15) is 11.6 Å². The third-order valence-electron chi connectivity index (χ3n) is 6.27. The van der Waals surface area contributed by atoms with E-state index in [4.69, 9.17) is 19.3 Å². The lowest BCUT2D eigenvalue weighted by Crippen LogP contribution is -2.39. The Morgan fingerprint density at radius 1 is 1.24 bits per heavy atom. The molecule has 0 bridgehead atoms. The number of benzene rings is 2. The largest absolute Gasteiger partial charge is 0.439 e. The Balaban J connectivity index is 1.67. The first-order valence-electron chi connectivity index (χ1n) is 12.9. The number of hydrogen-bond donors (Lipinski definition) is 1. The fourth-order valence-electron chi connectivity index (χ4n) is 4.53. The summed E-state index contributed by atoms with van der Waals surface area (Å²) in [6, 6.07) is 15.8. The van der Waals surface area contributed by atoms with Crippen LogP contribution >= 0.6 is 0 Å². The second kappa shape index (κ2) is 13.5. The maximum Gasteiger partial charge on any atom is 0.227 e. The molecule has 0 radical (unpaired) electrons. The van der Waals surface area contributed by atoms with Crippen LogP contribution in [-0.2, 0) is 22.4 Å². The quantitative estimate of drug-likeness (QED) is 0.246. The predicted octanol–water partition coefficient (Wildman–Crippen LogP) is 4.91. The van der Waals surface area contributed by atoms with Crippen molar-refractivity contribution in [1.29, 1.82) is 0 Å². The molecule has 2 aromatic carbocycles. The zero-order valence-electron chi connectivity index (χ0n) is 21.4. The third kappa shape index (κ3) is 7.49. The summed E-state index contributed by atoms with van der Waals surface area (Å²) in [6.45, 7) is 8.68. The number of ether oxygens (including phenoxy) is 3. The summed E-state index contributed by atoms with van der Waals surface area (Å²) in [5.74, 6) is 0.768. The molecule has 1 N–H and O–H groups in total. The predicted molar refractivity (Wildman–Crippen MR) is 141 cm³/mol. The van der Waals surface area contributed by atoms with Crippen molar-refractivity contribution < 1.29 is 23.7 Å². The molecular weight excluding hydrogens is 473 g/mol. The standard InChI is InChI=1S/C29H36FN3O4/c1-3-16-35-21-24(34)18-32(19-26-11-8-17-36-26)20-27-28(4-2)31-33(23-9-6-5-7-10-23)29(27)37-25-14-12-22(30)13-15-25/h3,5-7,9-10,12-15,24,26,34H,1,4,8,11,16-21H2,2H3/t24-,26-/m1/s1. The lowest BCUT2D eigenvalue weighted by Gasteiger charge is -2.27. The van der Waals surface area contributed by atoms with Crippen molar-refractivity contribution in [3.05, 3.63) is 84.3 Å². The molecule has 0 unspecified atom stereocenters. The number of aliphatic hydroxyl groups is 1. The molecule has 0 saturated carbocycles. The fourth-order valence-corrected chi connectivity index (χ4v) is 4.53. The van der Waals surface area contributed by atoms with Gasteiger partial charge in [0.05, 0.1) is 42.4 Å². The van der Waals surface area contributed by atoms with Gasteiger partial charge >= 0.3 is 0 Å². The molecule has 7 nitrogen and oxygen atoms in total. The first-order valence-corrected chi connectivity index (χ1v) is 12.9. The number of hydrogen-bond acceptors (Lipinski definition) is 6. The topological polar surface area (TPSA) is 69.0 Å². The number of aliphatic hydroxyl groups excluding tert-OH is 1. The van der Waals surface area contributed by atoms with Gasteiger partial charge in [-0.3, -0.25) is 4.90 Å². The first-order chi connectivity index (χ1) is 18.1. The van der Waals surface area contributed by atoms with Crippen molar-refractivity contribution >= 4 is 0 Å². The molecule has 1 fully saturated rings. The highest BCUT2D eigenvalue weighted by Crippen LogP contribution is 2.32. The molecule has 1 aromatic heterocycles. The number of aromatic nitrogens is 2. The molecule has 1 aliphatic heterocycles. The monoisotopic (exact) mass is 509 g/mol. The summed E-state index contributed by atoms with van der Waals surface area (Å²) in [6.07, 6.45) is 3.83. The highest BCUT2D eigenvalue weighted by Gasteiger charge is 2.26. The van der Waals surface area contributed by atoms with E-state index < -0.39 is 6.10 Å². The van der Waals surface area contributed by atoms with Crippen LogP contribution in [0.5, 0.6) is 11.6 Å². The minimum Gasteiger partial charge on any atom is -0.439 e. The van der Waals surface area contributed by atoms with E-state index in [0.717, 1.165) is 36.4 Å². The summed E-state index contributed by atoms with van der Waals surface area (Å²) in [4.78, 5) is 2.18. The Kier molecular flexibility index (Phi) is 9.85. The van der Waals surface area contributed by atoms with E-state index in [1.165, 1.54) is 12.1 Å². The normalized spacial score (nSPS) is 16.3. The molecule has 3 aromatic rings. The summed E-state index contributed by atoms with van der Waals surface area (Å²) in [5, 5.41) is 15.6. The molecule has 2 heterocycles. The van der Waals surface area contributed by atoms with Crippen molar-refractivity contribution in [2.45, 2.75) is 44.9 Å². The maximum atomic E-state index is 13.6. The zero-order chi connectivity index (χ0) is 26.0. The Morgan fingerprint density at radius 2 is 2.03 bits per heavy atom.